The molecule has 2 rings (SSSR count). The van der Waals surface area contributed by atoms with Crippen LogP contribution in [0.15, 0.2) is 36.4 Å². The summed E-state index contributed by atoms with van der Waals surface area (Å²) in [6, 6.07) is 11.2. The Bertz CT molecular complexity index is 853. The molecule has 2 heterocycles. The summed E-state index contributed by atoms with van der Waals surface area (Å²) in [5, 5.41) is 5.83. The first-order chi connectivity index (χ1) is 16.4. The summed E-state index contributed by atoms with van der Waals surface area (Å²) in [5.74, 6) is -0.238. The molecule has 9 nitrogen and oxygen atoms in total. The Hall–Kier alpha value is -1.78. The molecular formula is C26H42Cl2FeN6O3+2. The molecule has 0 radical (unpaired) electrons. The standard InChI is InChI=1S/C26H40N6O2.2ClH.Fe.H2O/c1-5-7-15-27-25(33)23-13-9-11-21(29-23)19-31(3)17-18-32(4)20-22-12-10-14-24(30-22)26(34)28-16-8-6-2;;;;/h9-14H,5-8,15-20H2,1-4H3,(H,27,33)(H,28,34);2*1H;;1H2/q;;;+4;/p-2. The van der Waals surface area contributed by atoms with Gasteiger partial charge in [0, 0.05) is 39.3 Å². The molecule has 0 bridgehead atoms. The van der Waals surface area contributed by atoms with E-state index in [4.69, 9.17) is 0 Å². The number of nitrogens with one attached hydrogen (secondary N) is 2. The second-order valence-electron chi connectivity index (χ2n) is 8.72. The van der Waals surface area contributed by atoms with Crippen LogP contribution in [-0.2, 0) is 30.2 Å². The van der Waals surface area contributed by atoms with Crippen molar-refractivity contribution in [1.82, 2.24) is 30.4 Å². The summed E-state index contributed by atoms with van der Waals surface area (Å²) >= 11 is 0. The van der Waals surface area contributed by atoms with Crippen molar-refractivity contribution in [3.63, 3.8) is 0 Å². The van der Waals surface area contributed by atoms with Crippen LogP contribution in [0.25, 0.3) is 0 Å². The number of carbonyl (C=O) groups excluding carboxylic acids is 2. The second-order valence-corrected chi connectivity index (χ2v) is 8.72. The molecule has 0 aliphatic carbocycles. The molecule has 0 aliphatic rings. The first kappa shape index (κ1) is 40.7. The molecule has 12 heteroatoms. The summed E-state index contributed by atoms with van der Waals surface area (Å²) in [5.41, 5.74) is 2.67. The van der Waals surface area contributed by atoms with Crippen molar-refractivity contribution in [1.29, 1.82) is 0 Å². The zero-order chi connectivity index (χ0) is 24.8. The number of carbonyl (C=O) groups is 2. The molecule has 2 aromatic rings. The quantitative estimate of drug-likeness (QED) is 0.158. The topological polar surface area (TPSA) is 122 Å². The van der Waals surface area contributed by atoms with Crippen LogP contribution < -0.4 is 35.4 Å². The van der Waals surface area contributed by atoms with Crippen LogP contribution >= 0.6 is 0 Å². The van der Waals surface area contributed by atoms with Crippen molar-refractivity contribution in [2.45, 2.75) is 52.6 Å². The fourth-order valence-electron chi connectivity index (χ4n) is 3.38. The molecule has 38 heavy (non-hydrogen) atoms. The van der Waals surface area contributed by atoms with Gasteiger partial charge in [0.1, 0.15) is 11.4 Å². The molecule has 214 valence electrons. The van der Waals surface area contributed by atoms with Crippen molar-refractivity contribution < 1.29 is 56.9 Å². The van der Waals surface area contributed by atoms with Gasteiger partial charge in [-0.2, -0.15) is 0 Å². The van der Waals surface area contributed by atoms with E-state index >= 15 is 0 Å². The van der Waals surface area contributed by atoms with Gasteiger partial charge in [-0.25, -0.2) is 9.97 Å². The number of pyridine rings is 2. The Morgan fingerprint density at radius 3 is 1.45 bits per heavy atom. The number of hydrogen-bond acceptors (Lipinski definition) is 6. The molecule has 0 unspecified atom stereocenters. The molecule has 0 saturated carbocycles. The first-order valence-electron chi connectivity index (χ1n) is 12.3. The molecule has 0 aromatic carbocycles. The van der Waals surface area contributed by atoms with E-state index < -0.39 is 0 Å². The van der Waals surface area contributed by atoms with Gasteiger partial charge in [-0.1, -0.05) is 38.8 Å². The smallest absolute Gasteiger partial charge is 1.00 e. The Morgan fingerprint density at radius 1 is 0.737 bits per heavy atom. The van der Waals surface area contributed by atoms with E-state index in [9.17, 15) is 9.59 Å². The van der Waals surface area contributed by atoms with Crippen molar-refractivity contribution in [2.75, 3.05) is 40.3 Å². The maximum atomic E-state index is 12.3. The predicted molar refractivity (Wildman–Crippen MR) is 139 cm³/mol. The number of hydrogen-bond donors (Lipinski definition) is 2. The third-order valence-corrected chi connectivity index (χ3v) is 5.44. The molecule has 0 atom stereocenters. The molecule has 2 aromatic heterocycles. The van der Waals surface area contributed by atoms with Gasteiger partial charge < -0.3 is 40.9 Å². The molecular weight excluding hydrogens is 571 g/mol. The van der Waals surface area contributed by atoms with E-state index in [0.717, 1.165) is 50.2 Å². The molecule has 0 fully saturated rings. The normalized spacial score (nSPS) is 9.95. The summed E-state index contributed by atoms with van der Waals surface area (Å²) in [6.07, 6.45) is 4.02. The number of halogens is 2. The monoisotopic (exact) mass is 612 g/mol. The van der Waals surface area contributed by atoms with E-state index in [1.165, 1.54) is 0 Å². The van der Waals surface area contributed by atoms with Gasteiger partial charge >= 0.3 is 17.1 Å². The molecule has 0 saturated heterocycles. The van der Waals surface area contributed by atoms with Gasteiger partial charge in [-0.15, -0.1) is 0 Å². The fraction of sp³-hybridized carbons (Fsp3) is 0.538. The van der Waals surface area contributed by atoms with E-state index in [1.54, 1.807) is 12.1 Å². The number of unbranched alkanes of at least 4 members (excludes halogenated alkanes) is 2. The van der Waals surface area contributed by atoms with Crippen molar-refractivity contribution in [3.05, 3.63) is 59.2 Å². The van der Waals surface area contributed by atoms with Crippen LogP contribution in [0.5, 0.6) is 0 Å². The predicted octanol–water partition coefficient (Wildman–Crippen LogP) is -3.72. The van der Waals surface area contributed by atoms with Gasteiger partial charge in [0.2, 0.25) is 0 Å². The average molecular weight is 613 g/mol. The average Bonchev–Trinajstić information content (AvgIpc) is 2.83. The SMILES string of the molecule is CCCCNC(=O)c1cccc(CN(C)CCN(C)Cc2cccc(C(=O)NCCCC)n2)n1.O.[Cl-].[Cl-].[Fe+4]. The Kier molecular flexibility index (Phi) is 24.8. The largest absolute Gasteiger partial charge is 4.00 e. The third kappa shape index (κ3) is 15.6. The number of rotatable bonds is 15. The zero-order valence-electron chi connectivity index (χ0n) is 22.8. The van der Waals surface area contributed by atoms with E-state index in [-0.39, 0.29) is 59.2 Å². The minimum absolute atomic E-state index is 0. The van der Waals surface area contributed by atoms with Crippen LogP contribution in [0.1, 0.15) is 71.9 Å². The molecule has 4 N–H and O–H groups in total. The Labute approximate surface area is 250 Å². The number of nitrogens with zero attached hydrogens (tertiary/aromatic N) is 4. The molecule has 0 spiro atoms. The second kappa shape index (κ2) is 23.1. The van der Waals surface area contributed by atoms with Crippen molar-refractivity contribution in [2.24, 2.45) is 0 Å². The van der Waals surface area contributed by atoms with Gasteiger partial charge in [0.05, 0.1) is 11.4 Å². The Balaban J connectivity index is -0.00000306. The summed E-state index contributed by atoms with van der Waals surface area (Å²) in [7, 11) is 4.09. The van der Waals surface area contributed by atoms with Crippen LogP contribution in [0.3, 0.4) is 0 Å². The zero-order valence-corrected chi connectivity index (χ0v) is 25.4. The van der Waals surface area contributed by atoms with Gasteiger partial charge in [-0.05, 0) is 51.2 Å². The van der Waals surface area contributed by atoms with Crippen LogP contribution in [0, 0.1) is 0 Å². The molecule has 0 aliphatic heterocycles. The number of aromatic nitrogens is 2. The van der Waals surface area contributed by atoms with Gasteiger partial charge in [-0.3, -0.25) is 19.4 Å². The van der Waals surface area contributed by atoms with Crippen LogP contribution in [-0.4, -0.2) is 77.3 Å². The minimum atomic E-state index is -0.119. The van der Waals surface area contributed by atoms with Crippen molar-refractivity contribution >= 4 is 11.8 Å². The van der Waals surface area contributed by atoms with Crippen molar-refractivity contribution in [3.8, 4) is 0 Å². The maximum absolute atomic E-state index is 12.3. The number of likely N-dealkylation sites (N-methyl/N-ethyl adjacent to an activating group) is 2. The van der Waals surface area contributed by atoms with Crippen LogP contribution in [0.4, 0.5) is 0 Å². The summed E-state index contributed by atoms with van der Waals surface area (Å²) in [6.45, 7) is 8.54. The molecule has 2 amide bonds. The maximum Gasteiger partial charge on any atom is 4.00 e. The summed E-state index contributed by atoms with van der Waals surface area (Å²) in [4.78, 5) is 37.9. The van der Waals surface area contributed by atoms with E-state index in [1.807, 2.05) is 38.4 Å². The van der Waals surface area contributed by atoms with Crippen LogP contribution in [0.2, 0.25) is 0 Å². The Morgan fingerprint density at radius 2 is 1.11 bits per heavy atom. The summed E-state index contributed by atoms with van der Waals surface area (Å²) < 4.78 is 0. The first-order valence-corrected chi connectivity index (χ1v) is 12.3. The fourth-order valence-corrected chi connectivity index (χ4v) is 3.38. The van der Waals surface area contributed by atoms with Gasteiger partial charge in [0.15, 0.2) is 0 Å². The van der Waals surface area contributed by atoms with E-state index in [0.29, 0.717) is 37.6 Å². The number of amides is 2. The third-order valence-electron chi connectivity index (χ3n) is 5.44. The van der Waals surface area contributed by atoms with E-state index in [2.05, 4.69) is 44.2 Å². The van der Waals surface area contributed by atoms with Gasteiger partial charge in [0.25, 0.3) is 11.8 Å². The minimum Gasteiger partial charge on any atom is -1.00 e.